The van der Waals surface area contributed by atoms with Gasteiger partial charge in [0.25, 0.3) is 0 Å². The predicted octanol–water partition coefficient (Wildman–Crippen LogP) is 6.26. The second kappa shape index (κ2) is 18.6. The summed E-state index contributed by atoms with van der Waals surface area (Å²) in [5.74, 6) is -4.96. The molecule has 0 saturated carbocycles. The summed E-state index contributed by atoms with van der Waals surface area (Å²) in [6.45, 7) is 21.4. The number of allylic oxidation sites excluding steroid dienone is 1. The van der Waals surface area contributed by atoms with Crippen LogP contribution < -0.4 is 0 Å². The van der Waals surface area contributed by atoms with Crippen molar-refractivity contribution in [1.82, 2.24) is 0 Å². The zero-order valence-electron chi connectivity index (χ0n) is 38.5. The van der Waals surface area contributed by atoms with Crippen LogP contribution in [-0.4, -0.2) is 119 Å². The van der Waals surface area contributed by atoms with Crippen LogP contribution in [0.1, 0.15) is 134 Å². The molecule has 344 valence electrons. The van der Waals surface area contributed by atoms with Gasteiger partial charge in [0.15, 0.2) is 29.4 Å². The highest BCUT2D eigenvalue weighted by molar-refractivity contribution is 5.96. The van der Waals surface area contributed by atoms with E-state index in [4.69, 9.17) is 37.9 Å². The highest BCUT2D eigenvalue weighted by Crippen LogP contribution is 2.57. The maximum Gasteiger partial charge on any atom is 0.192 e. The van der Waals surface area contributed by atoms with Crippen molar-refractivity contribution in [3.8, 4) is 0 Å². The number of Topliss-reactive ketones (excluding diaryl/α,β-unsaturated/α-hetero) is 1. The Hall–Kier alpha value is -1.36. The standard InChI is InChI=1S/C47H78O13/c1-25(23-48)17-26(2)41(51)27(3)18-28(4)42-33(9)35(50)21-45(58-42)22-39(55-40-16-14-36(53-12)34(10)54-40)44(11,60-45)38-15-13-30(6)47(57-38)32(8)20-37(56-47)43-29(5)19-31(7)46(52,24-49)59-43/h18,23,25-26,28-40,42-43,49-50,52H,13-17,19-22,24H2,1-12H3/b27-18+. The number of hydrogen-bond acceptors (Lipinski definition) is 13. The van der Waals surface area contributed by atoms with E-state index in [0.29, 0.717) is 44.1 Å². The highest BCUT2D eigenvalue weighted by Gasteiger charge is 2.66. The molecular formula is C47H78O13. The van der Waals surface area contributed by atoms with Crippen LogP contribution in [0, 0.1) is 47.3 Å². The zero-order chi connectivity index (χ0) is 44.1. The van der Waals surface area contributed by atoms with E-state index in [-0.39, 0.29) is 77.9 Å². The molecule has 21 atom stereocenters. The predicted molar refractivity (Wildman–Crippen MR) is 222 cm³/mol. The Morgan fingerprint density at radius 1 is 0.917 bits per heavy atom. The number of hydrogen-bond donors (Lipinski definition) is 3. The molecule has 0 radical (unpaired) electrons. The van der Waals surface area contributed by atoms with Gasteiger partial charge in [-0.1, -0.05) is 61.5 Å². The maximum atomic E-state index is 13.4. The van der Waals surface area contributed by atoms with E-state index in [0.717, 1.165) is 19.1 Å². The number of methoxy groups -OCH3 is 1. The molecule has 0 aliphatic carbocycles. The molecule has 3 N–H and O–H groups in total. The van der Waals surface area contributed by atoms with Crippen molar-refractivity contribution in [1.29, 1.82) is 0 Å². The van der Waals surface area contributed by atoms with Gasteiger partial charge in [0.05, 0.1) is 55.4 Å². The van der Waals surface area contributed by atoms with Gasteiger partial charge >= 0.3 is 0 Å². The van der Waals surface area contributed by atoms with Gasteiger partial charge in [-0.05, 0) is 70.8 Å². The summed E-state index contributed by atoms with van der Waals surface area (Å²) in [6.07, 6.45) is 4.33. The highest BCUT2D eigenvalue weighted by atomic mass is 16.8. The number of aldehydes is 1. The van der Waals surface area contributed by atoms with Crippen molar-refractivity contribution in [2.75, 3.05) is 13.7 Å². The first-order chi connectivity index (χ1) is 28.1. The summed E-state index contributed by atoms with van der Waals surface area (Å²) in [6, 6.07) is 0. The summed E-state index contributed by atoms with van der Waals surface area (Å²) >= 11 is 0. The summed E-state index contributed by atoms with van der Waals surface area (Å²) in [5.41, 5.74) is -0.447. The van der Waals surface area contributed by atoms with Gasteiger partial charge in [-0.2, -0.15) is 0 Å². The van der Waals surface area contributed by atoms with E-state index in [1.807, 2.05) is 61.5 Å². The number of aliphatic hydroxyl groups is 3. The second-order valence-electron chi connectivity index (χ2n) is 20.5. The molecule has 13 nitrogen and oxygen atoms in total. The molecule has 13 heteroatoms. The Labute approximate surface area is 358 Å². The Morgan fingerprint density at radius 2 is 1.63 bits per heavy atom. The average molecular weight is 851 g/mol. The Balaban J connectivity index is 1.28. The van der Waals surface area contributed by atoms with E-state index in [2.05, 4.69) is 20.8 Å². The lowest BCUT2D eigenvalue weighted by Crippen LogP contribution is -2.61. The number of carbonyl (C=O) groups excluding carboxylic acids is 2. The lowest BCUT2D eigenvalue weighted by Gasteiger charge is -2.52. The van der Waals surface area contributed by atoms with Gasteiger partial charge in [-0.3, -0.25) is 4.79 Å². The largest absolute Gasteiger partial charge is 0.393 e. The minimum absolute atomic E-state index is 0.00352. The van der Waals surface area contributed by atoms with E-state index >= 15 is 0 Å². The third-order valence-corrected chi connectivity index (χ3v) is 15.7. The molecule has 6 aliphatic rings. The molecule has 60 heavy (non-hydrogen) atoms. The van der Waals surface area contributed by atoms with Crippen LogP contribution >= 0.6 is 0 Å². The van der Waals surface area contributed by atoms with Gasteiger partial charge in [-0.25, -0.2) is 0 Å². The van der Waals surface area contributed by atoms with Crippen LogP contribution in [0.15, 0.2) is 11.6 Å². The van der Waals surface area contributed by atoms with E-state index in [1.165, 1.54) is 0 Å². The van der Waals surface area contributed by atoms with Crippen molar-refractivity contribution < 1.29 is 62.8 Å². The van der Waals surface area contributed by atoms with E-state index in [1.54, 1.807) is 7.11 Å². The molecular weight excluding hydrogens is 773 g/mol. The van der Waals surface area contributed by atoms with Gasteiger partial charge in [-0.15, -0.1) is 0 Å². The van der Waals surface area contributed by atoms with Crippen molar-refractivity contribution >= 4 is 12.1 Å². The fourth-order valence-corrected chi connectivity index (χ4v) is 11.8. The number of aliphatic hydroxyl groups excluding tert-OH is 2. The third kappa shape index (κ3) is 9.26. The van der Waals surface area contributed by atoms with Crippen molar-refractivity contribution in [2.45, 2.75) is 212 Å². The summed E-state index contributed by atoms with van der Waals surface area (Å²) in [7, 11) is 1.70. The van der Waals surface area contributed by atoms with Crippen LogP contribution in [0.4, 0.5) is 0 Å². The fraction of sp³-hybridized carbons (Fsp3) is 0.915. The Kier molecular flexibility index (Phi) is 14.9. The van der Waals surface area contributed by atoms with Crippen LogP contribution in [0.25, 0.3) is 0 Å². The first-order valence-electron chi connectivity index (χ1n) is 23.1. The van der Waals surface area contributed by atoms with Gasteiger partial charge in [0, 0.05) is 67.8 Å². The van der Waals surface area contributed by atoms with Crippen molar-refractivity contribution in [3.63, 3.8) is 0 Å². The fourth-order valence-electron chi connectivity index (χ4n) is 11.8. The molecule has 6 saturated heterocycles. The molecule has 0 aromatic carbocycles. The summed E-state index contributed by atoms with van der Waals surface area (Å²) in [4.78, 5) is 24.7. The lowest BCUT2D eigenvalue weighted by molar-refractivity contribution is -0.378. The maximum absolute atomic E-state index is 13.4. The minimum atomic E-state index is -1.64. The van der Waals surface area contributed by atoms with Crippen LogP contribution in [0.3, 0.4) is 0 Å². The molecule has 2 spiro atoms. The van der Waals surface area contributed by atoms with Crippen molar-refractivity contribution in [2.24, 2.45) is 47.3 Å². The first-order valence-corrected chi connectivity index (χ1v) is 23.1. The number of carbonyl (C=O) groups is 2. The van der Waals surface area contributed by atoms with E-state index in [9.17, 15) is 24.9 Å². The third-order valence-electron chi connectivity index (χ3n) is 15.7. The average Bonchev–Trinajstić information content (AvgIpc) is 3.67. The molecule has 6 fully saturated rings. The SMILES string of the molecule is COC1CCC(OC2CC3(CC(O)C(C)C(C(C)/C=C(\C)C(=O)C(C)CC(C)C=O)O3)OC2(C)C2CCC(C)C3(OC(C4OC(O)(CO)C(C)CC4C)CC3C)O2)OC1C. The molecule has 6 rings (SSSR count). The van der Waals surface area contributed by atoms with Crippen molar-refractivity contribution in [3.05, 3.63) is 11.6 Å². The Morgan fingerprint density at radius 3 is 2.28 bits per heavy atom. The molecule has 0 aromatic rings. The number of ether oxygens (including phenoxy) is 8. The van der Waals surface area contributed by atoms with Gasteiger partial charge in [0.1, 0.15) is 11.9 Å². The molecule has 0 amide bonds. The second-order valence-corrected chi connectivity index (χ2v) is 20.5. The molecule has 0 bridgehead atoms. The summed E-state index contributed by atoms with van der Waals surface area (Å²) < 4.78 is 54.1. The molecule has 21 unspecified atom stereocenters. The summed E-state index contributed by atoms with van der Waals surface area (Å²) in [5, 5.41) is 33.1. The lowest BCUT2D eigenvalue weighted by atomic mass is 9.77. The monoisotopic (exact) mass is 851 g/mol. The zero-order valence-corrected chi connectivity index (χ0v) is 38.5. The van der Waals surface area contributed by atoms with E-state index < -0.39 is 66.4 Å². The van der Waals surface area contributed by atoms with Gasteiger partial charge < -0.3 is 58.0 Å². The Bertz CT molecular complexity index is 1530. The smallest absolute Gasteiger partial charge is 0.192 e. The topological polar surface area (TPSA) is 169 Å². The molecule has 6 heterocycles. The first kappa shape index (κ1) is 48.1. The minimum Gasteiger partial charge on any atom is -0.393 e. The number of rotatable bonds is 13. The normalized spacial score (nSPS) is 49.2. The molecule has 0 aromatic heterocycles. The number of ketones is 1. The molecule has 6 aliphatic heterocycles. The quantitative estimate of drug-likeness (QED) is 0.140. The van der Waals surface area contributed by atoms with Crippen LogP contribution in [-0.2, 0) is 47.5 Å². The van der Waals surface area contributed by atoms with Crippen LogP contribution in [0.2, 0.25) is 0 Å². The van der Waals surface area contributed by atoms with Gasteiger partial charge in [0.2, 0.25) is 0 Å². The van der Waals surface area contributed by atoms with Crippen LogP contribution in [0.5, 0.6) is 0 Å².